The molecule has 0 atom stereocenters. The van der Waals surface area contributed by atoms with Gasteiger partial charge in [0, 0.05) is 0 Å². The Morgan fingerprint density at radius 1 is 1.75 bits per heavy atom. The van der Waals surface area contributed by atoms with Gasteiger partial charge in [-0.1, -0.05) is 12.7 Å². The van der Waals surface area contributed by atoms with Crippen molar-refractivity contribution in [1.82, 2.24) is 6.15 Å². The highest BCUT2D eigenvalue weighted by atomic mass is 14.0. The zero-order chi connectivity index (χ0) is 2.71. The molecule has 1 nitrogen and oxygen atoms in total. The highest BCUT2D eigenvalue weighted by Crippen LogP contribution is 1.36. The summed E-state index contributed by atoms with van der Waals surface area (Å²) in [5.41, 5.74) is 0. The summed E-state index contributed by atoms with van der Waals surface area (Å²) in [4.78, 5) is 0. The Morgan fingerprint density at radius 2 is 1.75 bits per heavy atom. The summed E-state index contributed by atoms with van der Waals surface area (Å²) >= 11 is 0. The van der Waals surface area contributed by atoms with Crippen molar-refractivity contribution in [2.75, 3.05) is 0 Å². The van der Waals surface area contributed by atoms with Gasteiger partial charge in [-0.15, -0.1) is 0 Å². The van der Waals surface area contributed by atoms with Gasteiger partial charge in [-0.3, -0.25) is 0 Å². The fourth-order valence-corrected chi connectivity index (χ4v) is 0. The second-order valence-corrected chi connectivity index (χ2v) is 0.333. The third-order valence-electron chi connectivity index (χ3n) is 0. The second kappa shape index (κ2) is 15.9. The maximum absolute atomic E-state index is 4.72. The molecule has 0 saturated heterocycles. The molecule has 0 aromatic carbocycles. The van der Waals surface area contributed by atoms with Crippen molar-refractivity contribution in [3.8, 4) is 0 Å². The van der Waals surface area contributed by atoms with Crippen LogP contribution < -0.4 is 6.15 Å². The molecule has 0 amide bonds. The van der Waals surface area contributed by atoms with Gasteiger partial charge in [0.2, 0.25) is 0 Å². The average molecular weight is 58.1 g/mol. The summed E-state index contributed by atoms with van der Waals surface area (Å²) in [5.74, 6) is 0. The van der Waals surface area contributed by atoms with E-state index < -0.39 is 0 Å². The third-order valence-corrected chi connectivity index (χ3v) is 0. The molecule has 0 spiro atoms. The third kappa shape index (κ3) is 9.26. The van der Waals surface area contributed by atoms with Gasteiger partial charge in [0.1, 0.15) is 0 Å². The Hall–Kier alpha value is -0.300. The lowest BCUT2D eigenvalue weighted by Crippen LogP contribution is -1.09. The lowest BCUT2D eigenvalue weighted by Gasteiger charge is -1.29. The van der Waals surface area contributed by atoms with Gasteiger partial charge in [-0.05, 0) is 6.92 Å². The van der Waals surface area contributed by atoms with E-state index >= 15 is 0 Å². The van der Waals surface area contributed by atoms with Crippen molar-refractivity contribution in [3.63, 3.8) is 0 Å². The minimum atomic E-state index is 0. The van der Waals surface area contributed by atoms with Gasteiger partial charge in [-0.25, -0.2) is 0 Å². The summed E-state index contributed by atoms with van der Waals surface area (Å²) in [7, 11) is 0. The van der Waals surface area contributed by atoms with E-state index in [4.69, 9.17) is 6.58 Å². The number of rotatable bonds is 0. The largest absolute Gasteiger partial charge is 0.344 e. The lowest BCUT2D eigenvalue weighted by atomic mass is 10.8. The van der Waals surface area contributed by atoms with Crippen LogP contribution in [-0.2, 0) is 0 Å². The first kappa shape index (κ1) is 9.33. The molecule has 0 fully saturated rings. The van der Waals surface area contributed by atoms with Crippen molar-refractivity contribution in [2.45, 2.75) is 6.92 Å². The Kier molecular flexibility index (Phi) is 37.2. The lowest BCUT2D eigenvalue weighted by molar-refractivity contribution is 1.78. The summed E-state index contributed by atoms with van der Waals surface area (Å²) in [6, 6.07) is 0. The van der Waals surface area contributed by atoms with Gasteiger partial charge in [0.25, 0.3) is 0 Å². The highest BCUT2D eigenvalue weighted by molar-refractivity contribution is 4.44. The molecule has 0 aliphatic rings. The summed E-state index contributed by atoms with van der Waals surface area (Å²) in [6.07, 6.45) is 1.50. The first-order chi connectivity index (χ1) is 1.41. The fraction of sp³-hybridized carbons (Fsp3) is 0.333. The molecule has 4 heavy (non-hydrogen) atoms. The van der Waals surface area contributed by atoms with E-state index in [1.165, 1.54) is 6.08 Å². The van der Waals surface area contributed by atoms with E-state index in [1.54, 1.807) is 6.92 Å². The van der Waals surface area contributed by atoms with E-state index in [9.17, 15) is 0 Å². The van der Waals surface area contributed by atoms with Crippen LogP contribution in [0.4, 0.5) is 0 Å². The molecule has 1 radical (unpaired) electrons. The number of hydrogen-bond acceptors (Lipinski definition) is 1. The smallest absolute Gasteiger partial charge is 0.0467 e. The monoisotopic (exact) mass is 58.1 g/mol. The van der Waals surface area contributed by atoms with Crippen LogP contribution in [0.25, 0.3) is 0 Å². The first-order valence-electron chi connectivity index (χ1n) is 0.911. The van der Waals surface area contributed by atoms with Gasteiger partial charge in [0.15, 0.2) is 0 Å². The van der Waals surface area contributed by atoms with Crippen molar-refractivity contribution < 1.29 is 0 Å². The molecule has 0 rings (SSSR count). The van der Waals surface area contributed by atoms with Crippen LogP contribution in [-0.4, -0.2) is 0 Å². The minimum absolute atomic E-state index is 0. The molecule has 0 aliphatic carbocycles. The molecule has 0 aliphatic heterocycles. The molecule has 0 aromatic heterocycles. The standard InChI is InChI=1S/C3H5.H3N/c1-3-2;/h1,3H,2H3;1H3. The number of hydrogen-bond donors (Lipinski definition) is 1. The van der Waals surface area contributed by atoms with E-state index in [2.05, 4.69) is 0 Å². The van der Waals surface area contributed by atoms with E-state index in [-0.39, 0.29) is 6.15 Å². The molecule has 0 aromatic rings. The van der Waals surface area contributed by atoms with Crippen LogP contribution in [0.5, 0.6) is 0 Å². The SMILES string of the molecule is N.[CH]=CC. The Labute approximate surface area is 26.9 Å². The molecule has 0 unspecified atom stereocenters. The highest BCUT2D eigenvalue weighted by Gasteiger charge is 1.15. The Morgan fingerprint density at radius 3 is 1.75 bits per heavy atom. The van der Waals surface area contributed by atoms with E-state index in [0.29, 0.717) is 0 Å². The normalized spacial score (nSPS) is 3.25. The molecule has 1 heteroatoms. The minimum Gasteiger partial charge on any atom is -0.344 e. The molecule has 0 heterocycles. The van der Waals surface area contributed by atoms with Gasteiger partial charge < -0.3 is 6.15 Å². The molecule has 3 N–H and O–H groups in total. The molecular formula is C3H8N. The topological polar surface area (TPSA) is 35.0 Å². The zero-order valence-corrected chi connectivity index (χ0v) is 2.86. The van der Waals surface area contributed by atoms with Crippen molar-refractivity contribution in [1.29, 1.82) is 0 Å². The van der Waals surface area contributed by atoms with E-state index in [1.807, 2.05) is 0 Å². The fourth-order valence-electron chi connectivity index (χ4n) is 0. The van der Waals surface area contributed by atoms with Crippen molar-refractivity contribution in [3.05, 3.63) is 12.7 Å². The zero-order valence-electron chi connectivity index (χ0n) is 2.86. The summed E-state index contributed by atoms with van der Waals surface area (Å²) in [6.45, 7) is 6.50. The van der Waals surface area contributed by atoms with Gasteiger partial charge >= 0.3 is 0 Å². The average Bonchev–Trinajstić information content (AvgIpc) is 0.918. The molecular weight excluding hydrogens is 50.0 g/mol. The van der Waals surface area contributed by atoms with Crippen LogP contribution in [0.15, 0.2) is 6.08 Å². The first-order valence-corrected chi connectivity index (χ1v) is 0.911. The van der Waals surface area contributed by atoms with Gasteiger partial charge in [0.05, 0.1) is 0 Å². The van der Waals surface area contributed by atoms with E-state index in [0.717, 1.165) is 0 Å². The second-order valence-electron chi connectivity index (χ2n) is 0.333. The maximum Gasteiger partial charge on any atom is -0.0467 e. The molecule has 25 valence electrons. The van der Waals surface area contributed by atoms with Crippen LogP contribution >= 0.6 is 0 Å². The Balaban J connectivity index is 0. The molecule has 0 bridgehead atoms. The van der Waals surface area contributed by atoms with Crippen LogP contribution in [0, 0.1) is 6.58 Å². The summed E-state index contributed by atoms with van der Waals surface area (Å²) < 4.78 is 0. The van der Waals surface area contributed by atoms with Crippen LogP contribution in [0.3, 0.4) is 0 Å². The quantitative estimate of drug-likeness (QED) is 0.445. The van der Waals surface area contributed by atoms with Crippen molar-refractivity contribution in [2.24, 2.45) is 0 Å². The summed E-state index contributed by atoms with van der Waals surface area (Å²) in [5, 5.41) is 0. The van der Waals surface area contributed by atoms with Crippen LogP contribution in [0.2, 0.25) is 0 Å². The van der Waals surface area contributed by atoms with Crippen LogP contribution in [0.1, 0.15) is 6.92 Å². The van der Waals surface area contributed by atoms with Crippen molar-refractivity contribution >= 4 is 0 Å². The van der Waals surface area contributed by atoms with Gasteiger partial charge in [-0.2, -0.15) is 0 Å². The Bertz CT molecular complexity index is 10.8. The molecule has 0 saturated carbocycles. The predicted molar refractivity (Wildman–Crippen MR) is 19.6 cm³/mol. The maximum atomic E-state index is 4.72. The predicted octanol–water partition coefficient (Wildman–Crippen LogP) is 1.16. The number of allylic oxidation sites excluding steroid dienone is 1.